The first-order chi connectivity index (χ1) is 6.18. The molecule has 2 aliphatic carbocycles. The normalized spacial score (nSPS) is 52.5. The van der Waals surface area contributed by atoms with Gasteiger partial charge >= 0.3 is 11.9 Å². The van der Waals surface area contributed by atoms with Gasteiger partial charge in [-0.15, -0.1) is 0 Å². The number of ether oxygens (including phenoxy) is 1. The summed E-state index contributed by atoms with van der Waals surface area (Å²) in [6, 6.07) is 0. The van der Waals surface area contributed by atoms with Crippen molar-refractivity contribution in [2.45, 2.75) is 19.8 Å². The number of hydrogen-bond donors (Lipinski definition) is 0. The van der Waals surface area contributed by atoms with E-state index in [9.17, 15) is 9.59 Å². The van der Waals surface area contributed by atoms with Crippen molar-refractivity contribution < 1.29 is 14.3 Å². The fourth-order valence-corrected chi connectivity index (χ4v) is 3.58. The van der Waals surface area contributed by atoms with Gasteiger partial charge in [-0.25, -0.2) is 0 Å². The Morgan fingerprint density at radius 1 is 1.15 bits per heavy atom. The van der Waals surface area contributed by atoms with Crippen LogP contribution in [0.5, 0.6) is 0 Å². The molecule has 3 heteroatoms. The third-order valence-corrected chi connectivity index (χ3v) is 4.08. The summed E-state index contributed by atoms with van der Waals surface area (Å²) in [6.45, 7) is 2.18. The molecule has 3 nitrogen and oxygen atoms in total. The minimum Gasteiger partial charge on any atom is -0.393 e. The van der Waals surface area contributed by atoms with Gasteiger partial charge in [-0.1, -0.05) is 6.92 Å². The molecule has 5 atom stereocenters. The molecule has 0 N–H and O–H groups in total. The van der Waals surface area contributed by atoms with Gasteiger partial charge in [0.25, 0.3) is 0 Å². The highest BCUT2D eigenvalue weighted by atomic mass is 16.6. The molecule has 2 saturated carbocycles. The van der Waals surface area contributed by atoms with Gasteiger partial charge in [-0.05, 0) is 30.6 Å². The third-order valence-electron chi connectivity index (χ3n) is 4.08. The van der Waals surface area contributed by atoms with Crippen LogP contribution in [0.2, 0.25) is 0 Å². The monoisotopic (exact) mass is 180 g/mol. The highest BCUT2D eigenvalue weighted by Crippen LogP contribution is 2.57. The largest absolute Gasteiger partial charge is 0.393 e. The van der Waals surface area contributed by atoms with E-state index in [0.717, 1.165) is 12.8 Å². The van der Waals surface area contributed by atoms with E-state index in [1.165, 1.54) is 0 Å². The predicted molar refractivity (Wildman–Crippen MR) is 43.5 cm³/mol. The number of cyclic esters (lactones) is 2. The molecule has 0 spiro atoms. The first kappa shape index (κ1) is 7.54. The van der Waals surface area contributed by atoms with Gasteiger partial charge in [-0.2, -0.15) is 0 Å². The smallest absolute Gasteiger partial charge is 0.317 e. The zero-order valence-electron chi connectivity index (χ0n) is 7.53. The maximum atomic E-state index is 11.4. The summed E-state index contributed by atoms with van der Waals surface area (Å²) in [7, 11) is 0. The van der Waals surface area contributed by atoms with E-state index in [0.29, 0.717) is 17.8 Å². The quantitative estimate of drug-likeness (QED) is 0.412. The van der Waals surface area contributed by atoms with Gasteiger partial charge in [0.2, 0.25) is 0 Å². The first-order valence-electron chi connectivity index (χ1n) is 4.94. The van der Waals surface area contributed by atoms with Gasteiger partial charge in [0.1, 0.15) is 0 Å². The van der Waals surface area contributed by atoms with Crippen LogP contribution in [0.15, 0.2) is 0 Å². The molecule has 70 valence electrons. The third kappa shape index (κ3) is 0.754. The van der Waals surface area contributed by atoms with Gasteiger partial charge in [0.15, 0.2) is 0 Å². The second-order valence-electron chi connectivity index (χ2n) is 4.66. The van der Waals surface area contributed by atoms with Gasteiger partial charge < -0.3 is 4.74 Å². The molecule has 2 bridgehead atoms. The molecular formula is C10H12O3. The average Bonchev–Trinajstić information content (AvgIpc) is 2.64. The highest BCUT2D eigenvalue weighted by molar-refractivity contribution is 5.97. The molecule has 1 aliphatic heterocycles. The minimum absolute atomic E-state index is 0.0753. The second kappa shape index (κ2) is 2.14. The van der Waals surface area contributed by atoms with Crippen LogP contribution >= 0.6 is 0 Å². The molecule has 1 heterocycles. The van der Waals surface area contributed by atoms with Crippen molar-refractivity contribution in [1.29, 1.82) is 0 Å². The Bertz CT molecular complexity index is 297. The SMILES string of the molecule is C[C@H]1C[C@H]2CC1C1C(=O)OC(=O)C12. The lowest BCUT2D eigenvalue weighted by atomic mass is 9.76. The Labute approximate surface area is 76.4 Å². The number of carbonyl (C=O) groups excluding carboxylic acids is 2. The van der Waals surface area contributed by atoms with Crippen LogP contribution in [0.3, 0.4) is 0 Å². The fourth-order valence-electron chi connectivity index (χ4n) is 3.58. The van der Waals surface area contributed by atoms with Crippen molar-refractivity contribution in [3.05, 3.63) is 0 Å². The van der Waals surface area contributed by atoms with Crippen molar-refractivity contribution >= 4 is 11.9 Å². The summed E-state index contributed by atoms with van der Waals surface area (Å²) >= 11 is 0. The van der Waals surface area contributed by atoms with Crippen molar-refractivity contribution in [2.75, 3.05) is 0 Å². The summed E-state index contributed by atoms with van der Waals surface area (Å²) in [6.07, 6.45) is 2.17. The summed E-state index contributed by atoms with van der Waals surface area (Å²) in [5, 5.41) is 0. The molecular weight excluding hydrogens is 168 g/mol. The van der Waals surface area contributed by atoms with E-state index in [1.807, 2.05) is 0 Å². The molecule has 0 amide bonds. The van der Waals surface area contributed by atoms with E-state index in [4.69, 9.17) is 0 Å². The predicted octanol–water partition coefficient (Wildman–Crippen LogP) is 0.978. The standard InChI is InChI=1S/C10H12O3/c1-4-2-5-3-6(4)8-7(5)9(11)13-10(8)12/h4-8H,2-3H2,1H3/t4-,5-,6?,7?,8?/m0/s1. The minimum atomic E-state index is -0.256. The maximum absolute atomic E-state index is 11.4. The first-order valence-corrected chi connectivity index (χ1v) is 4.94. The Morgan fingerprint density at radius 2 is 1.85 bits per heavy atom. The van der Waals surface area contributed by atoms with Gasteiger partial charge in [0.05, 0.1) is 11.8 Å². The molecule has 0 radical (unpaired) electrons. The van der Waals surface area contributed by atoms with Crippen LogP contribution in [0, 0.1) is 29.6 Å². The van der Waals surface area contributed by atoms with Crippen LogP contribution in [0.25, 0.3) is 0 Å². The van der Waals surface area contributed by atoms with Crippen molar-refractivity contribution in [3.8, 4) is 0 Å². The molecule has 0 aromatic rings. The molecule has 1 saturated heterocycles. The second-order valence-corrected chi connectivity index (χ2v) is 4.66. The van der Waals surface area contributed by atoms with Crippen LogP contribution in [0.4, 0.5) is 0 Å². The van der Waals surface area contributed by atoms with Crippen LogP contribution in [-0.2, 0) is 14.3 Å². The van der Waals surface area contributed by atoms with E-state index >= 15 is 0 Å². The molecule has 3 unspecified atom stereocenters. The van der Waals surface area contributed by atoms with Crippen LogP contribution in [-0.4, -0.2) is 11.9 Å². The van der Waals surface area contributed by atoms with Crippen LogP contribution in [0.1, 0.15) is 19.8 Å². The van der Waals surface area contributed by atoms with Crippen molar-refractivity contribution in [3.63, 3.8) is 0 Å². The lowest BCUT2D eigenvalue weighted by Gasteiger charge is -2.24. The van der Waals surface area contributed by atoms with Crippen molar-refractivity contribution in [1.82, 2.24) is 0 Å². The molecule has 13 heavy (non-hydrogen) atoms. The Kier molecular flexibility index (Phi) is 1.24. The van der Waals surface area contributed by atoms with Crippen molar-refractivity contribution in [2.24, 2.45) is 29.6 Å². The number of carbonyl (C=O) groups is 2. The van der Waals surface area contributed by atoms with Crippen LogP contribution < -0.4 is 0 Å². The lowest BCUT2D eigenvalue weighted by Crippen LogP contribution is -2.28. The van der Waals surface area contributed by atoms with E-state index in [1.54, 1.807) is 0 Å². The lowest BCUT2D eigenvalue weighted by molar-refractivity contribution is -0.154. The number of hydrogen-bond acceptors (Lipinski definition) is 3. The number of esters is 2. The fraction of sp³-hybridized carbons (Fsp3) is 0.800. The maximum Gasteiger partial charge on any atom is 0.317 e. The zero-order chi connectivity index (χ0) is 9.16. The zero-order valence-corrected chi connectivity index (χ0v) is 7.53. The van der Waals surface area contributed by atoms with E-state index in [-0.39, 0.29) is 23.8 Å². The topological polar surface area (TPSA) is 43.4 Å². The van der Waals surface area contributed by atoms with Gasteiger partial charge in [-0.3, -0.25) is 9.59 Å². The average molecular weight is 180 g/mol. The molecule has 3 fully saturated rings. The Morgan fingerprint density at radius 3 is 2.62 bits per heavy atom. The summed E-state index contributed by atoms with van der Waals surface area (Å²) in [5.41, 5.74) is 0. The van der Waals surface area contributed by atoms with E-state index < -0.39 is 0 Å². The number of fused-ring (bicyclic) bond motifs is 5. The molecule has 0 aromatic carbocycles. The highest BCUT2D eigenvalue weighted by Gasteiger charge is 2.61. The Hall–Kier alpha value is -0.860. The molecule has 3 rings (SSSR count). The Balaban J connectivity index is 2.00. The van der Waals surface area contributed by atoms with Gasteiger partial charge in [0, 0.05) is 0 Å². The summed E-state index contributed by atoms with van der Waals surface area (Å²) < 4.78 is 4.68. The van der Waals surface area contributed by atoms with E-state index in [2.05, 4.69) is 11.7 Å². The summed E-state index contributed by atoms with van der Waals surface area (Å²) in [5.74, 6) is 0.793. The summed E-state index contributed by atoms with van der Waals surface area (Å²) in [4.78, 5) is 22.7. The molecule has 0 aromatic heterocycles. The molecule has 3 aliphatic rings. The number of rotatable bonds is 0.